The zero-order valence-electron chi connectivity index (χ0n) is 16.3. The third kappa shape index (κ3) is 5.03. The average molecular weight is 348 g/mol. The molecule has 1 amide bonds. The Labute approximate surface area is 152 Å². The number of hydrogen-bond donors (Lipinski definition) is 2. The van der Waals surface area contributed by atoms with E-state index in [1.165, 1.54) is 5.56 Å². The highest BCUT2D eigenvalue weighted by Crippen LogP contribution is 2.27. The highest BCUT2D eigenvalue weighted by molar-refractivity contribution is 5.93. The fourth-order valence-electron chi connectivity index (χ4n) is 3.34. The van der Waals surface area contributed by atoms with Crippen molar-refractivity contribution in [3.63, 3.8) is 0 Å². The maximum Gasteiger partial charge on any atom is 0.238 e. The molecular weight excluding hydrogens is 314 g/mol. The number of amides is 1. The van der Waals surface area contributed by atoms with E-state index in [0.29, 0.717) is 12.5 Å². The van der Waals surface area contributed by atoms with Crippen LogP contribution in [0, 0.1) is 6.92 Å². The first-order chi connectivity index (χ1) is 11.7. The fourth-order valence-corrected chi connectivity index (χ4v) is 3.34. The van der Waals surface area contributed by atoms with Crippen LogP contribution in [0.3, 0.4) is 0 Å². The molecule has 0 atom stereocenters. The van der Waals surface area contributed by atoms with Gasteiger partial charge in [-0.15, -0.1) is 0 Å². The Morgan fingerprint density at radius 2 is 1.88 bits per heavy atom. The van der Waals surface area contributed by atoms with Crippen LogP contribution in [0.15, 0.2) is 18.2 Å². The second-order valence-electron chi connectivity index (χ2n) is 7.98. The third-order valence-electron chi connectivity index (χ3n) is 5.17. The zero-order valence-corrected chi connectivity index (χ0v) is 16.3. The summed E-state index contributed by atoms with van der Waals surface area (Å²) in [6, 6.07) is 6.17. The Balaban J connectivity index is 1.93. The number of rotatable bonds is 6. The number of aliphatic hydroxyl groups is 1. The number of carbonyl (C=O) groups excluding carboxylic acids is 1. The van der Waals surface area contributed by atoms with Crippen molar-refractivity contribution in [3.8, 4) is 0 Å². The van der Waals surface area contributed by atoms with E-state index in [4.69, 9.17) is 0 Å². The van der Waals surface area contributed by atoms with Crippen LogP contribution in [0.25, 0.3) is 0 Å². The van der Waals surface area contributed by atoms with Gasteiger partial charge >= 0.3 is 0 Å². The molecule has 5 nitrogen and oxygen atoms in total. The molecule has 0 radical (unpaired) electrons. The third-order valence-corrected chi connectivity index (χ3v) is 5.17. The van der Waals surface area contributed by atoms with Gasteiger partial charge in [-0.3, -0.25) is 14.6 Å². The lowest BCUT2D eigenvalue weighted by atomic mass is 9.98. The van der Waals surface area contributed by atoms with Gasteiger partial charge in [-0.25, -0.2) is 0 Å². The van der Waals surface area contributed by atoms with Crippen LogP contribution in [0.2, 0.25) is 0 Å². The number of aryl methyl sites for hydroxylation is 1. The number of hydrogen-bond acceptors (Lipinski definition) is 4. The smallest absolute Gasteiger partial charge is 0.238 e. The van der Waals surface area contributed by atoms with Crippen LogP contribution in [0.4, 0.5) is 5.69 Å². The van der Waals surface area contributed by atoms with Gasteiger partial charge in [0.25, 0.3) is 0 Å². The molecule has 2 N–H and O–H groups in total. The van der Waals surface area contributed by atoms with E-state index < -0.39 is 0 Å². The molecule has 0 spiro atoms. The molecule has 1 fully saturated rings. The monoisotopic (exact) mass is 347 g/mol. The summed E-state index contributed by atoms with van der Waals surface area (Å²) in [6.45, 7) is 14.5. The fraction of sp³-hybridized carbons (Fsp3) is 0.650. The Kier molecular flexibility index (Phi) is 6.60. The van der Waals surface area contributed by atoms with Crippen molar-refractivity contribution < 1.29 is 9.90 Å². The number of aliphatic hydroxyl groups excluding tert-OH is 1. The summed E-state index contributed by atoms with van der Waals surface area (Å²) < 4.78 is 0. The highest BCUT2D eigenvalue weighted by Gasteiger charge is 2.29. The van der Waals surface area contributed by atoms with E-state index in [9.17, 15) is 9.90 Å². The van der Waals surface area contributed by atoms with E-state index in [0.717, 1.165) is 37.4 Å². The normalized spacial score (nSPS) is 17.1. The molecule has 1 aliphatic rings. The van der Waals surface area contributed by atoms with Crippen molar-refractivity contribution in [3.05, 3.63) is 29.3 Å². The summed E-state index contributed by atoms with van der Waals surface area (Å²) >= 11 is 0. The average Bonchev–Trinajstić information content (AvgIpc) is 2.57. The van der Waals surface area contributed by atoms with Gasteiger partial charge < -0.3 is 10.4 Å². The number of nitrogens with one attached hydrogen (secondary N) is 1. The molecule has 1 saturated heterocycles. The van der Waals surface area contributed by atoms with Gasteiger partial charge in [0.2, 0.25) is 5.91 Å². The summed E-state index contributed by atoms with van der Waals surface area (Å²) in [7, 11) is 0. The van der Waals surface area contributed by atoms with Crippen molar-refractivity contribution >= 4 is 11.6 Å². The molecule has 2 rings (SSSR count). The van der Waals surface area contributed by atoms with E-state index >= 15 is 0 Å². The van der Waals surface area contributed by atoms with Crippen LogP contribution in [0.5, 0.6) is 0 Å². The number of carbonyl (C=O) groups is 1. The first-order valence-corrected chi connectivity index (χ1v) is 9.22. The van der Waals surface area contributed by atoms with E-state index in [2.05, 4.69) is 48.9 Å². The Morgan fingerprint density at radius 1 is 1.24 bits per heavy atom. The van der Waals surface area contributed by atoms with Gasteiger partial charge in [-0.2, -0.15) is 0 Å². The van der Waals surface area contributed by atoms with Crippen molar-refractivity contribution in [2.45, 2.75) is 46.1 Å². The molecule has 25 heavy (non-hydrogen) atoms. The molecule has 1 aromatic rings. The first-order valence-electron chi connectivity index (χ1n) is 9.22. The molecule has 1 heterocycles. The lowest BCUT2D eigenvalue weighted by Crippen LogP contribution is -2.56. The maximum atomic E-state index is 12.5. The second kappa shape index (κ2) is 8.30. The van der Waals surface area contributed by atoms with Crippen LogP contribution >= 0.6 is 0 Å². The number of nitrogens with zero attached hydrogens (tertiary/aromatic N) is 2. The SMILES string of the molecule is Cc1cccc(C(C)C)c1NC(=O)CN1CCN(C(C)(C)CO)CC1. The van der Waals surface area contributed by atoms with Gasteiger partial charge in [-0.1, -0.05) is 32.0 Å². The number of benzene rings is 1. The highest BCUT2D eigenvalue weighted by atomic mass is 16.3. The lowest BCUT2D eigenvalue weighted by Gasteiger charge is -2.43. The summed E-state index contributed by atoms with van der Waals surface area (Å²) in [5.41, 5.74) is 3.06. The standard InChI is InChI=1S/C20H33N3O2/c1-15(2)17-8-6-7-16(3)19(17)21-18(25)13-22-9-11-23(12-10-22)20(4,5)14-24/h6-8,15,24H,9-14H2,1-5H3,(H,21,25). The van der Waals surface area contributed by atoms with Gasteiger partial charge in [0.15, 0.2) is 0 Å². The van der Waals surface area contributed by atoms with Crippen molar-refractivity contribution in [2.24, 2.45) is 0 Å². The molecule has 0 aromatic heterocycles. The Bertz CT molecular complexity index is 591. The summed E-state index contributed by atoms with van der Waals surface area (Å²) in [5.74, 6) is 0.422. The van der Waals surface area contributed by atoms with E-state index in [-0.39, 0.29) is 18.1 Å². The minimum Gasteiger partial charge on any atom is -0.394 e. The molecule has 0 saturated carbocycles. The number of anilines is 1. The predicted molar refractivity (Wildman–Crippen MR) is 103 cm³/mol. The predicted octanol–water partition coefficient (Wildman–Crippen LogP) is 2.45. The zero-order chi connectivity index (χ0) is 18.6. The molecule has 1 aromatic carbocycles. The molecule has 5 heteroatoms. The maximum absolute atomic E-state index is 12.5. The van der Waals surface area contributed by atoms with Crippen molar-refractivity contribution in [1.82, 2.24) is 9.80 Å². The summed E-state index contributed by atoms with van der Waals surface area (Å²) in [4.78, 5) is 17.0. The molecule has 140 valence electrons. The summed E-state index contributed by atoms with van der Waals surface area (Å²) in [6.07, 6.45) is 0. The Hall–Kier alpha value is -1.43. The first kappa shape index (κ1) is 19.9. The largest absolute Gasteiger partial charge is 0.394 e. The molecule has 0 bridgehead atoms. The van der Waals surface area contributed by atoms with Crippen LogP contribution in [-0.2, 0) is 4.79 Å². The molecule has 0 unspecified atom stereocenters. The summed E-state index contributed by atoms with van der Waals surface area (Å²) in [5, 5.41) is 12.6. The van der Waals surface area contributed by atoms with Crippen LogP contribution in [0.1, 0.15) is 44.7 Å². The molecular formula is C20H33N3O2. The van der Waals surface area contributed by atoms with Crippen LogP contribution in [-0.4, -0.2) is 65.7 Å². The molecule has 1 aliphatic heterocycles. The van der Waals surface area contributed by atoms with Gasteiger partial charge in [0.05, 0.1) is 13.2 Å². The van der Waals surface area contributed by atoms with Crippen molar-refractivity contribution in [2.75, 3.05) is 44.6 Å². The quantitative estimate of drug-likeness (QED) is 0.830. The lowest BCUT2D eigenvalue weighted by molar-refractivity contribution is -0.118. The van der Waals surface area contributed by atoms with Gasteiger partial charge in [-0.05, 0) is 37.8 Å². The van der Waals surface area contributed by atoms with Gasteiger partial charge in [0.1, 0.15) is 0 Å². The minimum atomic E-state index is -0.193. The van der Waals surface area contributed by atoms with Gasteiger partial charge in [0, 0.05) is 37.4 Å². The number of para-hydroxylation sites is 1. The Morgan fingerprint density at radius 3 is 2.44 bits per heavy atom. The minimum absolute atomic E-state index is 0.0473. The van der Waals surface area contributed by atoms with E-state index in [1.54, 1.807) is 0 Å². The second-order valence-corrected chi connectivity index (χ2v) is 7.98. The van der Waals surface area contributed by atoms with Crippen molar-refractivity contribution in [1.29, 1.82) is 0 Å². The number of piperazine rings is 1. The van der Waals surface area contributed by atoms with E-state index in [1.807, 2.05) is 19.1 Å². The topological polar surface area (TPSA) is 55.8 Å². The van der Waals surface area contributed by atoms with Crippen LogP contribution < -0.4 is 5.32 Å². The molecule has 0 aliphatic carbocycles.